The van der Waals surface area contributed by atoms with Gasteiger partial charge in [-0.1, -0.05) is 23.4 Å². The minimum atomic E-state index is -0.272. The molecule has 0 fully saturated rings. The maximum atomic E-state index is 13.4. The predicted octanol–water partition coefficient (Wildman–Crippen LogP) is 6.23. The monoisotopic (exact) mass is 485 g/mol. The van der Waals surface area contributed by atoms with Gasteiger partial charge in [-0.15, -0.1) is 0 Å². The van der Waals surface area contributed by atoms with Crippen molar-refractivity contribution in [2.24, 2.45) is 5.10 Å². The lowest BCUT2D eigenvalue weighted by molar-refractivity contribution is -0.130. The lowest BCUT2D eigenvalue weighted by atomic mass is 10.0. The van der Waals surface area contributed by atoms with Gasteiger partial charge in [0.15, 0.2) is 0 Å². The summed E-state index contributed by atoms with van der Waals surface area (Å²) >= 11 is 1.44. The molecule has 4 aromatic rings. The summed E-state index contributed by atoms with van der Waals surface area (Å²) < 4.78 is 10.9. The van der Waals surface area contributed by atoms with E-state index in [0.29, 0.717) is 6.42 Å². The van der Waals surface area contributed by atoms with E-state index in [1.807, 2.05) is 36.4 Å². The molecule has 5 rings (SSSR count). The number of aryl methyl sites for hydroxylation is 3. The van der Waals surface area contributed by atoms with E-state index in [2.05, 4.69) is 39.0 Å². The van der Waals surface area contributed by atoms with Crippen molar-refractivity contribution < 1.29 is 13.9 Å². The minimum Gasteiger partial charge on any atom is -0.497 e. The molecule has 3 heterocycles. The van der Waals surface area contributed by atoms with Crippen molar-refractivity contribution in [2.45, 2.75) is 38.3 Å². The molecule has 7 heteroatoms. The van der Waals surface area contributed by atoms with E-state index in [-0.39, 0.29) is 17.7 Å². The molecule has 0 saturated carbocycles. The summed E-state index contributed by atoms with van der Waals surface area (Å²) in [6.45, 7) is 6.27. The maximum absolute atomic E-state index is 13.4. The third kappa shape index (κ3) is 4.68. The van der Waals surface area contributed by atoms with Gasteiger partial charge >= 0.3 is 0 Å². The van der Waals surface area contributed by atoms with Gasteiger partial charge in [-0.05, 0) is 86.0 Å². The highest BCUT2D eigenvalue weighted by atomic mass is 32.2. The number of carbonyl (C=O) groups is 1. The fourth-order valence-electron chi connectivity index (χ4n) is 4.49. The van der Waals surface area contributed by atoms with Crippen molar-refractivity contribution in [3.63, 3.8) is 0 Å². The zero-order valence-electron chi connectivity index (χ0n) is 20.2. The smallest absolute Gasteiger partial charge is 0.253 e. The molecular weight excluding hydrogens is 458 g/mol. The fraction of sp³-hybridized carbons (Fsp3) is 0.250. The van der Waals surface area contributed by atoms with E-state index in [4.69, 9.17) is 19.2 Å². The highest BCUT2D eigenvalue weighted by Crippen LogP contribution is 2.34. The van der Waals surface area contributed by atoms with Gasteiger partial charge in [-0.3, -0.25) is 4.79 Å². The third-order valence-electron chi connectivity index (χ3n) is 6.24. The van der Waals surface area contributed by atoms with Crippen molar-refractivity contribution >= 4 is 34.3 Å². The van der Waals surface area contributed by atoms with Gasteiger partial charge in [0.2, 0.25) is 0 Å². The third-order valence-corrected chi connectivity index (χ3v) is 7.13. The molecule has 0 bridgehead atoms. The molecule has 0 spiro atoms. The normalized spacial score (nSPS) is 15.5. The lowest BCUT2D eigenvalue weighted by Crippen LogP contribution is -2.28. The number of rotatable bonds is 6. The van der Waals surface area contributed by atoms with Crippen LogP contribution in [0.15, 0.2) is 75.4 Å². The van der Waals surface area contributed by atoms with E-state index in [1.54, 1.807) is 18.4 Å². The van der Waals surface area contributed by atoms with Crippen LogP contribution < -0.4 is 4.74 Å². The molecular formula is C28H27N3O3S. The van der Waals surface area contributed by atoms with Crippen molar-refractivity contribution in [2.75, 3.05) is 12.9 Å². The van der Waals surface area contributed by atoms with Gasteiger partial charge in [0, 0.05) is 11.8 Å². The summed E-state index contributed by atoms with van der Waals surface area (Å²) in [5, 5.41) is 8.28. The average molecular weight is 486 g/mol. The van der Waals surface area contributed by atoms with Crippen molar-refractivity contribution in [3.05, 3.63) is 88.9 Å². The average Bonchev–Trinajstić information content (AvgIpc) is 3.53. The molecule has 0 radical (unpaired) electrons. The number of amides is 1. The number of pyridine rings is 1. The highest BCUT2D eigenvalue weighted by Gasteiger charge is 2.34. The maximum Gasteiger partial charge on any atom is 0.253 e. The Labute approximate surface area is 209 Å². The first-order valence-corrected chi connectivity index (χ1v) is 12.5. The summed E-state index contributed by atoms with van der Waals surface area (Å²) in [4.78, 5) is 18.2. The Bertz CT molecular complexity index is 1410. The van der Waals surface area contributed by atoms with Crippen LogP contribution in [0.4, 0.5) is 0 Å². The van der Waals surface area contributed by atoms with Gasteiger partial charge in [-0.25, -0.2) is 9.99 Å². The molecule has 1 aliphatic heterocycles. The topological polar surface area (TPSA) is 67.9 Å². The lowest BCUT2D eigenvalue weighted by Gasteiger charge is -2.19. The zero-order chi connectivity index (χ0) is 24.5. The van der Waals surface area contributed by atoms with Gasteiger partial charge < -0.3 is 9.15 Å². The standard InChI is InChI=1S/C28H27N3O3S/c1-17-12-19(3)28-22(13-17)18(2)14-26(29-28)35-16-27(32)31-24(25-6-5-11-34-25)15-23(30-31)20-7-9-21(33-4)10-8-20/h5-14,24H,15-16H2,1-4H3/t24-/m1/s1. The number of carbonyl (C=O) groups excluding carboxylic acids is 1. The van der Waals surface area contributed by atoms with Crippen LogP contribution in [0.5, 0.6) is 5.75 Å². The molecule has 6 nitrogen and oxygen atoms in total. The van der Waals surface area contributed by atoms with Gasteiger partial charge in [0.1, 0.15) is 17.6 Å². The van der Waals surface area contributed by atoms with E-state index in [1.165, 1.54) is 17.3 Å². The SMILES string of the molecule is COc1ccc(C2=NN(C(=O)CSc3cc(C)c4cc(C)cc(C)c4n3)[C@@H](c3ccco3)C2)cc1. The van der Waals surface area contributed by atoms with Crippen molar-refractivity contribution in [1.82, 2.24) is 9.99 Å². The summed E-state index contributed by atoms with van der Waals surface area (Å²) in [6, 6.07) is 17.5. The second kappa shape index (κ2) is 9.58. The molecule has 1 amide bonds. The molecule has 0 saturated heterocycles. The second-order valence-corrected chi connectivity index (χ2v) is 9.79. The van der Waals surface area contributed by atoms with Gasteiger partial charge in [0.25, 0.3) is 5.91 Å². The molecule has 2 aromatic heterocycles. The summed E-state index contributed by atoms with van der Waals surface area (Å²) in [5.41, 5.74) is 6.31. The highest BCUT2D eigenvalue weighted by molar-refractivity contribution is 7.99. The Morgan fingerprint density at radius 2 is 1.91 bits per heavy atom. The molecule has 0 aliphatic carbocycles. The zero-order valence-corrected chi connectivity index (χ0v) is 21.1. The minimum absolute atomic E-state index is 0.0833. The van der Waals surface area contributed by atoms with Crippen LogP contribution in [0.25, 0.3) is 10.9 Å². The quantitative estimate of drug-likeness (QED) is 0.303. The number of nitrogens with zero attached hydrogens (tertiary/aromatic N) is 3. The first kappa shape index (κ1) is 23.2. The van der Waals surface area contributed by atoms with Gasteiger partial charge in [-0.2, -0.15) is 5.10 Å². The summed E-state index contributed by atoms with van der Waals surface area (Å²) in [5.74, 6) is 1.66. The number of aromatic nitrogens is 1. The van der Waals surface area contributed by atoms with Crippen LogP contribution >= 0.6 is 11.8 Å². The van der Waals surface area contributed by atoms with E-state index < -0.39 is 0 Å². The first-order chi connectivity index (χ1) is 16.9. The van der Waals surface area contributed by atoms with Crippen LogP contribution in [0.3, 0.4) is 0 Å². The number of hydrogen-bond donors (Lipinski definition) is 0. The molecule has 35 heavy (non-hydrogen) atoms. The number of furan rings is 1. The van der Waals surface area contributed by atoms with Crippen LogP contribution in [0.1, 0.15) is 40.5 Å². The molecule has 1 atom stereocenters. The number of ether oxygens (including phenoxy) is 1. The van der Waals surface area contributed by atoms with Crippen LogP contribution in [0.2, 0.25) is 0 Å². The van der Waals surface area contributed by atoms with E-state index >= 15 is 0 Å². The van der Waals surface area contributed by atoms with Crippen LogP contribution in [0, 0.1) is 20.8 Å². The molecule has 1 aliphatic rings. The second-order valence-electron chi connectivity index (χ2n) is 8.79. The van der Waals surface area contributed by atoms with Crippen LogP contribution in [-0.4, -0.2) is 34.5 Å². The number of fused-ring (bicyclic) bond motifs is 1. The molecule has 0 unspecified atom stereocenters. The molecule has 2 aromatic carbocycles. The predicted molar refractivity (Wildman–Crippen MR) is 139 cm³/mol. The van der Waals surface area contributed by atoms with Crippen molar-refractivity contribution in [3.8, 4) is 5.75 Å². The van der Waals surface area contributed by atoms with Gasteiger partial charge in [0.05, 0.1) is 35.4 Å². The molecule has 178 valence electrons. The Morgan fingerprint density at radius 1 is 1.11 bits per heavy atom. The van der Waals surface area contributed by atoms with Crippen LogP contribution in [-0.2, 0) is 4.79 Å². The number of methoxy groups -OCH3 is 1. The summed E-state index contributed by atoms with van der Waals surface area (Å²) in [7, 11) is 1.64. The van der Waals surface area contributed by atoms with E-state index in [0.717, 1.165) is 49.8 Å². The summed E-state index contributed by atoms with van der Waals surface area (Å²) in [6.07, 6.45) is 2.21. The molecule has 0 N–H and O–H groups in total. The Kier molecular flexibility index (Phi) is 6.34. The number of benzene rings is 2. The Balaban J connectivity index is 1.38. The Morgan fingerprint density at radius 3 is 2.63 bits per heavy atom. The fourth-order valence-corrected chi connectivity index (χ4v) is 5.31. The number of thioether (sulfide) groups is 1. The first-order valence-electron chi connectivity index (χ1n) is 11.5. The number of hydrogen-bond acceptors (Lipinski definition) is 6. The Hall–Kier alpha value is -3.58. The number of hydrazone groups is 1. The largest absolute Gasteiger partial charge is 0.497 e. The van der Waals surface area contributed by atoms with Crippen molar-refractivity contribution in [1.29, 1.82) is 0 Å². The van der Waals surface area contributed by atoms with E-state index in [9.17, 15) is 4.79 Å².